The van der Waals surface area contributed by atoms with Gasteiger partial charge in [0.05, 0.1) is 0 Å². The third-order valence-electron chi connectivity index (χ3n) is 13.2. The van der Waals surface area contributed by atoms with Crippen molar-refractivity contribution in [1.82, 2.24) is 0 Å². The molecule has 0 saturated carbocycles. The van der Waals surface area contributed by atoms with Crippen molar-refractivity contribution in [2.45, 2.75) is 104 Å². The topological polar surface area (TPSA) is 44.8 Å². The van der Waals surface area contributed by atoms with Crippen LogP contribution in [0.5, 0.6) is 0 Å². The van der Waals surface area contributed by atoms with Crippen LogP contribution < -0.4 is 0 Å². The van der Waals surface area contributed by atoms with Crippen LogP contribution in [-0.4, -0.2) is 20.1 Å². The third kappa shape index (κ3) is 12.0. The van der Waals surface area contributed by atoms with E-state index in [9.17, 15) is 0 Å². The molecular formula is C63H54F9O4S3Sb. The van der Waals surface area contributed by atoms with Gasteiger partial charge in [-0.25, -0.2) is 0 Å². The Kier molecular flexibility index (Phi) is 16.6. The molecule has 0 heterocycles. The number of rotatable bonds is 15. The zero-order chi connectivity index (χ0) is 57.5. The van der Waals surface area contributed by atoms with Gasteiger partial charge in [0.1, 0.15) is 0 Å². The maximum atomic E-state index is 18.5. The molecule has 9 aromatic rings. The van der Waals surface area contributed by atoms with Crippen molar-refractivity contribution in [3.05, 3.63) is 268 Å². The molecule has 4 nitrogen and oxygen atoms in total. The molecule has 0 fully saturated rings. The molecule has 0 saturated heterocycles. The van der Waals surface area contributed by atoms with Gasteiger partial charge in [0.15, 0.2) is 0 Å². The van der Waals surface area contributed by atoms with Crippen LogP contribution in [0, 0.1) is 41.5 Å². The van der Waals surface area contributed by atoms with Crippen molar-refractivity contribution in [2.24, 2.45) is 0 Å². The minimum atomic E-state index is -7.68. The van der Waals surface area contributed by atoms with Gasteiger partial charge in [0, 0.05) is 0 Å². The molecule has 0 radical (unpaired) electrons. The van der Waals surface area contributed by atoms with Crippen LogP contribution >= 0.6 is 30.9 Å². The van der Waals surface area contributed by atoms with Crippen molar-refractivity contribution in [2.75, 3.05) is 0 Å². The van der Waals surface area contributed by atoms with Crippen LogP contribution in [0.2, 0.25) is 0 Å². The first-order valence-corrected chi connectivity index (χ1v) is 33.8. The standard InChI is InChI=1S/3C21H19F3OS.O.Sb/c3*1-15-6-10-18(11-7-15)26(25,19-12-8-16(2)9-13-19)20-5-3-4-17(14-20)21(22,23)24;;/h3*3-14,25H,1-2H3;;/q;;;;+3/p-3. The van der Waals surface area contributed by atoms with E-state index in [1.165, 1.54) is 36.4 Å². The molecule has 0 N–H and O–H groups in total. The van der Waals surface area contributed by atoms with E-state index in [1.54, 1.807) is 187 Å². The van der Waals surface area contributed by atoms with Gasteiger partial charge in [-0.3, -0.25) is 0 Å². The minimum absolute atomic E-state index is 0.128. The van der Waals surface area contributed by atoms with Crippen molar-refractivity contribution in [3.63, 3.8) is 0 Å². The van der Waals surface area contributed by atoms with Gasteiger partial charge < -0.3 is 0 Å². The average Bonchev–Trinajstić information content (AvgIpc) is 3.62. The van der Waals surface area contributed by atoms with E-state index in [0.717, 1.165) is 69.8 Å². The number of aryl methyl sites for hydroxylation is 6. The second kappa shape index (κ2) is 22.7. The zero-order valence-corrected chi connectivity index (χ0v) is 49.0. The summed E-state index contributed by atoms with van der Waals surface area (Å²) in [6, 6.07) is 53.3. The first-order valence-electron chi connectivity index (χ1n) is 24.9. The summed E-state index contributed by atoms with van der Waals surface area (Å²) in [5, 5.41) is 0. The van der Waals surface area contributed by atoms with E-state index in [-0.39, 0.29) is 44.1 Å². The first kappa shape index (κ1) is 58.5. The summed E-state index contributed by atoms with van der Waals surface area (Å²) < 4.78 is 179. The fourth-order valence-corrected chi connectivity index (χ4v) is 33.7. The molecule has 0 aliphatic rings. The Morgan fingerprint density at radius 3 is 0.613 bits per heavy atom. The number of benzene rings is 9. The summed E-state index contributed by atoms with van der Waals surface area (Å²) in [5.41, 5.74) is 1.13. The van der Waals surface area contributed by atoms with Gasteiger partial charge in [-0.2, -0.15) is 0 Å². The van der Waals surface area contributed by atoms with Crippen molar-refractivity contribution in [3.8, 4) is 0 Å². The van der Waals surface area contributed by atoms with E-state index in [1.807, 2.05) is 0 Å². The van der Waals surface area contributed by atoms with Crippen LogP contribution in [0.15, 0.2) is 262 Å². The fraction of sp³-hybridized carbons (Fsp3) is 0.143. The van der Waals surface area contributed by atoms with E-state index in [0.29, 0.717) is 0 Å². The predicted molar refractivity (Wildman–Crippen MR) is 298 cm³/mol. The second-order valence-electron chi connectivity index (χ2n) is 19.3. The van der Waals surface area contributed by atoms with Gasteiger partial charge in [-0.05, 0) is 0 Å². The molecule has 0 aromatic heterocycles. The molecule has 0 amide bonds. The number of hydrogen-bond acceptors (Lipinski definition) is 4. The molecule has 416 valence electrons. The number of halogens is 9. The summed E-state index contributed by atoms with van der Waals surface area (Å²) in [6.07, 6.45) is -14.8. The van der Waals surface area contributed by atoms with Gasteiger partial charge in [-0.15, -0.1) is 0 Å². The summed E-state index contributed by atoms with van der Waals surface area (Å²) in [7, 11) is -11.8. The Morgan fingerprint density at radius 1 is 0.275 bits per heavy atom. The molecule has 17 heteroatoms. The molecule has 80 heavy (non-hydrogen) atoms. The zero-order valence-electron chi connectivity index (χ0n) is 44.0. The monoisotopic (exact) mass is 1260 g/mol. The normalized spacial score (nSPS) is 13.5. The van der Waals surface area contributed by atoms with E-state index in [2.05, 4.69) is 0 Å². The SMILES string of the molecule is Cc1ccc(S([O][Sb](=[O])([O]S(c2ccc(C)cc2)(c2ccc(C)cc2)c2cccc(C(F)(F)F)c2)[O]S(c2ccc(C)cc2)(c2ccc(C)cc2)c2cccc(C(F)(F)F)c2)(c2ccc(C)cc2)c2cccc(C(F)(F)F)c2)cc1. The Balaban J connectivity index is 1.51. The van der Waals surface area contributed by atoms with Crippen LogP contribution in [0.4, 0.5) is 39.5 Å². The van der Waals surface area contributed by atoms with E-state index >= 15 is 42.5 Å². The average molecular weight is 1260 g/mol. The van der Waals surface area contributed by atoms with E-state index in [4.69, 9.17) is 7.38 Å². The summed E-state index contributed by atoms with van der Waals surface area (Å²) in [4.78, 5) is 0.886. The van der Waals surface area contributed by atoms with Gasteiger partial charge in [-0.1, -0.05) is 0 Å². The van der Waals surface area contributed by atoms with Crippen LogP contribution in [0.25, 0.3) is 0 Å². The Labute approximate surface area is 470 Å². The van der Waals surface area contributed by atoms with Crippen LogP contribution in [-0.2, 0) is 28.9 Å². The third-order valence-corrected chi connectivity index (χ3v) is 33.2. The van der Waals surface area contributed by atoms with Gasteiger partial charge in [0.2, 0.25) is 0 Å². The van der Waals surface area contributed by atoms with Crippen LogP contribution in [0.3, 0.4) is 0 Å². The van der Waals surface area contributed by atoms with Crippen LogP contribution in [0.1, 0.15) is 50.1 Å². The Bertz CT molecular complexity index is 3160. The molecule has 0 aliphatic carbocycles. The molecule has 0 atom stereocenters. The Morgan fingerprint density at radius 2 is 0.450 bits per heavy atom. The molecule has 0 aliphatic heterocycles. The molecule has 9 aromatic carbocycles. The number of alkyl halides is 9. The second-order valence-corrected chi connectivity index (χ2v) is 33.7. The molecule has 0 bridgehead atoms. The van der Waals surface area contributed by atoms with E-state index < -0.39 is 86.2 Å². The van der Waals surface area contributed by atoms with Crippen molar-refractivity contribution in [1.29, 1.82) is 0 Å². The van der Waals surface area contributed by atoms with Gasteiger partial charge >= 0.3 is 473 Å². The quantitative estimate of drug-likeness (QED) is 0.0758. The van der Waals surface area contributed by atoms with Crippen molar-refractivity contribution < 1.29 is 49.9 Å². The molecule has 9 rings (SSSR count). The number of hydrogen-bond donors (Lipinski definition) is 0. The summed E-state index contributed by atoms with van der Waals surface area (Å²) in [5.74, 6) is 0. The maximum absolute atomic E-state index is 18.5. The van der Waals surface area contributed by atoms with Gasteiger partial charge in [0.25, 0.3) is 0 Å². The predicted octanol–water partition coefficient (Wildman–Crippen LogP) is 20.5. The molecule has 0 unspecified atom stereocenters. The fourth-order valence-electron chi connectivity index (χ4n) is 8.99. The Hall–Kier alpha value is -6.10. The molecule has 0 spiro atoms. The molecular weight excluding hydrogens is 1210 g/mol. The first-order chi connectivity index (χ1) is 37.7. The van der Waals surface area contributed by atoms with Crippen molar-refractivity contribution >= 4 is 51.0 Å². The summed E-state index contributed by atoms with van der Waals surface area (Å²) >= 11 is -7.68. The summed E-state index contributed by atoms with van der Waals surface area (Å²) in [6.45, 7) is 10.8.